The van der Waals surface area contributed by atoms with Crippen LogP contribution in [0.15, 0.2) is 30.6 Å². The molecule has 0 bridgehead atoms. The molecule has 28 heavy (non-hydrogen) atoms. The second-order valence-electron chi connectivity index (χ2n) is 5.93. The third kappa shape index (κ3) is 5.27. The molecule has 1 heterocycles. The molecular formula is C16H12BrF5N4O2. The average molecular weight is 467 g/mol. The van der Waals surface area contributed by atoms with E-state index >= 15 is 0 Å². The minimum atomic E-state index is -4.79. The SMILES string of the molecule is O=C(NNc1cnc(-c2ccc(OC(F)(F)F)cc2C2CC2)cn1)C(F)(F)Br. The summed E-state index contributed by atoms with van der Waals surface area (Å²) in [5, 5.41) is 0. The highest BCUT2D eigenvalue weighted by Crippen LogP contribution is 2.45. The number of benzene rings is 1. The van der Waals surface area contributed by atoms with Gasteiger partial charge in [0.25, 0.3) is 0 Å². The number of anilines is 1. The van der Waals surface area contributed by atoms with Gasteiger partial charge in [-0.05, 0) is 42.5 Å². The lowest BCUT2D eigenvalue weighted by molar-refractivity contribution is -0.274. The number of halogens is 6. The molecule has 0 radical (unpaired) electrons. The minimum absolute atomic E-state index is 0.00107. The fourth-order valence-corrected chi connectivity index (χ4v) is 2.53. The van der Waals surface area contributed by atoms with Crippen LogP contribution in [-0.2, 0) is 4.79 Å². The summed E-state index contributed by atoms with van der Waals surface area (Å²) >= 11 is 1.91. The Bertz CT molecular complexity index is 867. The molecule has 1 aliphatic carbocycles. The molecule has 1 aromatic carbocycles. The first-order valence-corrected chi connectivity index (χ1v) is 8.67. The van der Waals surface area contributed by atoms with E-state index in [-0.39, 0.29) is 17.5 Å². The van der Waals surface area contributed by atoms with E-state index in [1.54, 1.807) is 5.43 Å². The molecule has 0 atom stereocenters. The van der Waals surface area contributed by atoms with Crippen molar-refractivity contribution in [1.29, 1.82) is 0 Å². The maximum absolute atomic E-state index is 12.7. The van der Waals surface area contributed by atoms with Crippen LogP contribution in [0.1, 0.15) is 24.3 Å². The van der Waals surface area contributed by atoms with Gasteiger partial charge in [-0.3, -0.25) is 20.6 Å². The van der Waals surface area contributed by atoms with Crippen LogP contribution in [-0.4, -0.2) is 27.1 Å². The lowest BCUT2D eigenvalue weighted by atomic mass is 10.0. The number of aromatic nitrogens is 2. The molecule has 150 valence electrons. The normalized spacial score (nSPS) is 14.5. The fraction of sp³-hybridized carbons (Fsp3) is 0.312. The second kappa shape index (κ2) is 7.49. The van der Waals surface area contributed by atoms with Gasteiger partial charge in [0.2, 0.25) is 0 Å². The molecular weight excluding hydrogens is 455 g/mol. The summed E-state index contributed by atoms with van der Waals surface area (Å²) in [7, 11) is 0. The van der Waals surface area contributed by atoms with Crippen LogP contribution in [0.5, 0.6) is 5.75 Å². The number of hydrazine groups is 1. The topological polar surface area (TPSA) is 76.1 Å². The quantitative estimate of drug-likeness (QED) is 0.376. The van der Waals surface area contributed by atoms with Gasteiger partial charge in [0, 0.05) is 21.5 Å². The number of nitrogens with zero attached hydrogens (tertiary/aromatic N) is 2. The molecule has 0 aliphatic heterocycles. The van der Waals surface area contributed by atoms with Crippen molar-refractivity contribution in [2.45, 2.75) is 30.0 Å². The summed E-state index contributed by atoms with van der Waals surface area (Å²) in [4.78, 5) is 15.4. The van der Waals surface area contributed by atoms with Gasteiger partial charge in [0.1, 0.15) is 5.75 Å². The van der Waals surface area contributed by atoms with Crippen molar-refractivity contribution in [2.24, 2.45) is 0 Å². The first kappa shape index (κ1) is 20.2. The van der Waals surface area contributed by atoms with Crippen molar-refractivity contribution in [3.05, 3.63) is 36.2 Å². The summed E-state index contributed by atoms with van der Waals surface area (Å²) in [6.07, 6.45) is -0.610. The van der Waals surface area contributed by atoms with E-state index in [0.717, 1.165) is 12.8 Å². The molecule has 1 aromatic heterocycles. The van der Waals surface area contributed by atoms with Crippen LogP contribution >= 0.6 is 15.9 Å². The van der Waals surface area contributed by atoms with Crippen LogP contribution in [0.4, 0.5) is 27.8 Å². The third-order valence-electron chi connectivity index (χ3n) is 3.76. The highest BCUT2D eigenvalue weighted by molar-refractivity contribution is 9.10. The largest absolute Gasteiger partial charge is 0.573 e. The molecule has 1 amide bonds. The van der Waals surface area contributed by atoms with Crippen LogP contribution in [0.25, 0.3) is 11.3 Å². The van der Waals surface area contributed by atoms with Crippen molar-refractivity contribution in [3.8, 4) is 17.0 Å². The molecule has 12 heteroatoms. The Morgan fingerprint density at radius 1 is 1.14 bits per heavy atom. The molecule has 0 saturated heterocycles. The summed E-state index contributed by atoms with van der Waals surface area (Å²) in [5.74, 6) is -1.83. The number of carbonyl (C=O) groups excluding carboxylic acids is 1. The monoisotopic (exact) mass is 466 g/mol. The zero-order valence-corrected chi connectivity index (χ0v) is 15.4. The predicted octanol–water partition coefficient (Wildman–Crippen LogP) is 4.35. The molecule has 1 saturated carbocycles. The molecule has 2 N–H and O–H groups in total. The fourth-order valence-electron chi connectivity index (χ4n) is 2.43. The van der Waals surface area contributed by atoms with Gasteiger partial charge in [-0.2, -0.15) is 8.78 Å². The van der Waals surface area contributed by atoms with E-state index in [1.165, 1.54) is 30.6 Å². The zero-order valence-electron chi connectivity index (χ0n) is 13.9. The van der Waals surface area contributed by atoms with Gasteiger partial charge >= 0.3 is 17.1 Å². The number of rotatable bonds is 6. The molecule has 1 aliphatic rings. The summed E-state index contributed by atoms with van der Waals surface area (Å²) in [6, 6.07) is 3.96. The maximum Gasteiger partial charge on any atom is 0.573 e. The number of ether oxygens (including phenoxy) is 1. The number of amides is 1. The molecule has 0 spiro atoms. The van der Waals surface area contributed by atoms with Gasteiger partial charge in [0.15, 0.2) is 5.82 Å². The van der Waals surface area contributed by atoms with Gasteiger partial charge in [-0.1, -0.05) is 0 Å². The number of alkyl halides is 6. The van der Waals surface area contributed by atoms with Crippen molar-refractivity contribution in [3.63, 3.8) is 0 Å². The summed E-state index contributed by atoms with van der Waals surface area (Å²) in [6.45, 7) is 0. The van der Waals surface area contributed by atoms with E-state index in [4.69, 9.17) is 0 Å². The van der Waals surface area contributed by atoms with Crippen molar-refractivity contribution in [2.75, 3.05) is 5.43 Å². The maximum atomic E-state index is 12.7. The molecule has 0 unspecified atom stereocenters. The lowest BCUT2D eigenvalue weighted by Crippen LogP contribution is -2.39. The Morgan fingerprint density at radius 2 is 1.86 bits per heavy atom. The van der Waals surface area contributed by atoms with Gasteiger partial charge in [0.05, 0.1) is 18.1 Å². The van der Waals surface area contributed by atoms with E-state index in [1.807, 2.05) is 15.9 Å². The summed E-state index contributed by atoms with van der Waals surface area (Å²) < 4.78 is 66.7. The van der Waals surface area contributed by atoms with E-state index < -0.39 is 17.1 Å². The smallest absolute Gasteiger partial charge is 0.406 e. The Labute approximate surface area is 163 Å². The predicted molar refractivity (Wildman–Crippen MR) is 91.8 cm³/mol. The number of carbonyl (C=O) groups is 1. The van der Waals surface area contributed by atoms with Crippen LogP contribution in [0.2, 0.25) is 0 Å². The van der Waals surface area contributed by atoms with Crippen molar-refractivity contribution in [1.82, 2.24) is 15.4 Å². The first-order chi connectivity index (χ1) is 13.0. The second-order valence-corrected chi connectivity index (χ2v) is 6.93. The van der Waals surface area contributed by atoms with E-state index in [9.17, 15) is 26.7 Å². The highest BCUT2D eigenvalue weighted by Gasteiger charge is 2.35. The highest BCUT2D eigenvalue weighted by atomic mass is 79.9. The van der Waals surface area contributed by atoms with Crippen LogP contribution in [0.3, 0.4) is 0 Å². The summed E-state index contributed by atoms with van der Waals surface area (Å²) in [5.41, 5.74) is 5.57. The Hall–Kier alpha value is -2.50. The average Bonchev–Trinajstić information content (AvgIpc) is 3.43. The van der Waals surface area contributed by atoms with Gasteiger partial charge < -0.3 is 4.74 Å². The standard InChI is InChI=1S/C16H12BrF5N4O2/c17-15(18,19)14(27)26-25-13-7-23-12(6-24-13)10-4-3-9(28-16(20,21)22)5-11(10)8-1-2-8/h3-8H,1-2H2,(H,24,25)(H,26,27). The molecule has 2 aromatic rings. The van der Waals surface area contributed by atoms with Gasteiger partial charge in [-0.15, -0.1) is 13.2 Å². The number of hydrogen-bond donors (Lipinski definition) is 2. The minimum Gasteiger partial charge on any atom is -0.406 e. The third-order valence-corrected chi connectivity index (χ3v) is 4.12. The lowest BCUT2D eigenvalue weighted by Gasteiger charge is -2.14. The van der Waals surface area contributed by atoms with Crippen molar-refractivity contribution >= 4 is 27.7 Å². The van der Waals surface area contributed by atoms with Crippen LogP contribution in [0, 0.1) is 0 Å². The first-order valence-electron chi connectivity index (χ1n) is 7.88. The Kier molecular flexibility index (Phi) is 5.41. The number of nitrogens with one attached hydrogen (secondary N) is 2. The van der Waals surface area contributed by atoms with Crippen molar-refractivity contribution < 1.29 is 31.5 Å². The Morgan fingerprint density at radius 3 is 2.39 bits per heavy atom. The molecule has 6 nitrogen and oxygen atoms in total. The zero-order chi connectivity index (χ0) is 20.5. The van der Waals surface area contributed by atoms with Gasteiger partial charge in [-0.25, -0.2) is 4.98 Å². The molecule has 3 rings (SSSR count). The van der Waals surface area contributed by atoms with E-state index in [2.05, 4.69) is 20.1 Å². The van der Waals surface area contributed by atoms with E-state index in [0.29, 0.717) is 16.8 Å². The van der Waals surface area contributed by atoms with Crippen LogP contribution < -0.4 is 15.6 Å². The Balaban J connectivity index is 1.77. The number of hydrogen-bond acceptors (Lipinski definition) is 5. The molecule has 1 fully saturated rings.